The first-order valence-corrected chi connectivity index (χ1v) is 6.56. The summed E-state index contributed by atoms with van der Waals surface area (Å²) < 4.78 is 60.5. The highest BCUT2D eigenvalue weighted by molar-refractivity contribution is 7.89. The lowest BCUT2D eigenvalue weighted by Gasteiger charge is -2.25. The molecule has 9 heteroatoms. The van der Waals surface area contributed by atoms with E-state index in [-0.39, 0.29) is 18.7 Å². The SMILES string of the molecule is CNC(=O)C(CC(F)(F)F)N1CCCS1(=O)=O. The maximum Gasteiger partial charge on any atom is 0.391 e. The Labute approximate surface area is 97.0 Å². The van der Waals surface area contributed by atoms with Gasteiger partial charge in [-0.1, -0.05) is 0 Å². The molecule has 17 heavy (non-hydrogen) atoms. The number of sulfonamides is 1. The van der Waals surface area contributed by atoms with E-state index in [1.807, 2.05) is 0 Å². The van der Waals surface area contributed by atoms with Crippen LogP contribution in [0.2, 0.25) is 0 Å². The monoisotopic (exact) mass is 274 g/mol. The predicted octanol–water partition coefficient (Wildman–Crippen LogP) is 0.0889. The molecule has 1 N–H and O–H groups in total. The van der Waals surface area contributed by atoms with Crippen LogP contribution in [0.1, 0.15) is 12.8 Å². The summed E-state index contributed by atoms with van der Waals surface area (Å²) in [7, 11) is -2.57. The van der Waals surface area contributed by atoms with Gasteiger partial charge in [0.25, 0.3) is 0 Å². The van der Waals surface area contributed by atoms with Crippen molar-refractivity contribution in [2.45, 2.75) is 25.1 Å². The van der Waals surface area contributed by atoms with Gasteiger partial charge in [0.2, 0.25) is 15.9 Å². The van der Waals surface area contributed by atoms with Crippen LogP contribution in [0.5, 0.6) is 0 Å². The first-order chi connectivity index (χ1) is 7.67. The van der Waals surface area contributed by atoms with Crippen molar-refractivity contribution in [2.24, 2.45) is 0 Å². The van der Waals surface area contributed by atoms with Crippen LogP contribution in [-0.2, 0) is 14.8 Å². The van der Waals surface area contributed by atoms with E-state index in [1.54, 1.807) is 0 Å². The largest absolute Gasteiger partial charge is 0.391 e. The van der Waals surface area contributed by atoms with Crippen molar-refractivity contribution < 1.29 is 26.4 Å². The molecule has 0 aromatic carbocycles. The molecule has 5 nitrogen and oxygen atoms in total. The molecular formula is C8H13F3N2O3S. The lowest BCUT2D eigenvalue weighted by Crippen LogP contribution is -2.48. The van der Waals surface area contributed by atoms with Crippen LogP contribution in [-0.4, -0.2) is 50.2 Å². The molecule has 0 aromatic rings. The fourth-order valence-corrected chi connectivity index (χ4v) is 3.41. The summed E-state index contributed by atoms with van der Waals surface area (Å²) in [5, 5.41) is 2.06. The zero-order valence-electron chi connectivity index (χ0n) is 9.12. The topological polar surface area (TPSA) is 66.5 Å². The number of rotatable bonds is 3. The van der Waals surface area contributed by atoms with Crippen LogP contribution in [0.25, 0.3) is 0 Å². The van der Waals surface area contributed by atoms with Crippen LogP contribution >= 0.6 is 0 Å². The number of alkyl halides is 3. The number of hydrogen-bond donors (Lipinski definition) is 1. The number of likely N-dealkylation sites (N-methyl/N-ethyl adjacent to an activating group) is 1. The summed E-state index contributed by atoms with van der Waals surface area (Å²) in [5.74, 6) is -1.15. The van der Waals surface area contributed by atoms with Crippen molar-refractivity contribution >= 4 is 15.9 Å². The number of amides is 1. The van der Waals surface area contributed by atoms with Crippen molar-refractivity contribution in [2.75, 3.05) is 19.3 Å². The van der Waals surface area contributed by atoms with Crippen LogP contribution in [0.3, 0.4) is 0 Å². The van der Waals surface area contributed by atoms with Gasteiger partial charge in [0, 0.05) is 13.6 Å². The first kappa shape index (κ1) is 14.2. The zero-order chi connectivity index (χ0) is 13.3. The van der Waals surface area contributed by atoms with E-state index in [1.165, 1.54) is 7.05 Å². The molecule has 0 spiro atoms. The van der Waals surface area contributed by atoms with Crippen LogP contribution in [0, 0.1) is 0 Å². The maximum absolute atomic E-state index is 12.3. The van der Waals surface area contributed by atoms with E-state index in [0.29, 0.717) is 4.31 Å². The summed E-state index contributed by atoms with van der Waals surface area (Å²) in [4.78, 5) is 11.3. The summed E-state index contributed by atoms with van der Waals surface area (Å²) in [6.07, 6.45) is -5.81. The van der Waals surface area contributed by atoms with Gasteiger partial charge in [-0.15, -0.1) is 0 Å². The molecule has 1 saturated heterocycles. The number of halogens is 3. The fraction of sp³-hybridized carbons (Fsp3) is 0.875. The minimum Gasteiger partial charge on any atom is -0.358 e. The molecular weight excluding hydrogens is 261 g/mol. The second kappa shape index (κ2) is 4.81. The molecule has 0 aliphatic carbocycles. The molecule has 0 aromatic heterocycles. The van der Waals surface area contributed by atoms with Crippen LogP contribution < -0.4 is 5.32 Å². The van der Waals surface area contributed by atoms with Gasteiger partial charge in [-0.25, -0.2) is 8.42 Å². The Balaban J connectivity index is 2.95. The van der Waals surface area contributed by atoms with Gasteiger partial charge in [-0.3, -0.25) is 4.79 Å². The van der Waals surface area contributed by atoms with Gasteiger partial charge < -0.3 is 5.32 Å². The van der Waals surface area contributed by atoms with E-state index in [4.69, 9.17) is 0 Å². The standard InChI is InChI=1S/C8H13F3N2O3S/c1-12-7(14)6(5-8(9,10)11)13-3-2-4-17(13,15)16/h6H,2-5H2,1H3,(H,12,14). The number of nitrogens with zero attached hydrogens (tertiary/aromatic N) is 1. The first-order valence-electron chi connectivity index (χ1n) is 4.95. The molecule has 0 saturated carbocycles. The summed E-state index contributed by atoms with van der Waals surface area (Å²) >= 11 is 0. The molecule has 1 fully saturated rings. The Morgan fingerprint density at radius 3 is 2.41 bits per heavy atom. The van der Waals surface area contributed by atoms with E-state index in [2.05, 4.69) is 5.32 Å². The normalized spacial score (nSPS) is 22.4. The van der Waals surface area contributed by atoms with Gasteiger partial charge in [0.05, 0.1) is 12.2 Å². The number of carbonyl (C=O) groups is 1. The second-order valence-corrected chi connectivity index (χ2v) is 5.77. The Hall–Kier alpha value is -0.830. The molecule has 1 heterocycles. The maximum atomic E-state index is 12.3. The van der Waals surface area contributed by atoms with Crippen molar-refractivity contribution in [1.29, 1.82) is 0 Å². The highest BCUT2D eigenvalue weighted by atomic mass is 32.2. The average Bonchev–Trinajstić information content (AvgIpc) is 2.52. The quantitative estimate of drug-likeness (QED) is 0.793. The summed E-state index contributed by atoms with van der Waals surface area (Å²) in [6, 6.07) is -1.70. The predicted molar refractivity (Wildman–Crippen MR) is 53.6 cm³/mol. The van der Waals surface area contributed by atoms with Crippen LogP contribution in [0.4, 0.5) is 13.2 Å². The second-order valence-electron chi connectivity index (χ2n) is 3.73. The van der Waals surface area contributed by atoms with E-state index < -0.39 is 34.6 Å². The molecule has 1 amide bonds. The van der Waals surface area contributed by atoms with Gasteiger partial charge in [0.1, 0.15) is 6.04 Å². The summed E-state index contributed by atoms with van der Waals surface area (Å²) in [6.45, 7) is -0.0451. The lowest BCUT2D eigenvalue weighted by atomic mass is 10.2. The third-order valence-electron chi connectivity index (χ3n) is 2.46. The molecule has 1 atom stereocenters. The minimum absolute atomic E-state index is 0.0451. The Bertz CT molecular complexity index is 393. The lowest BCUT2D eigenvalue weighted by molar-refractivity contribution is -0.153. The number of carbonyl (C=O) groups excluding carboxylic acids is 1. The fourth-order valence-electron chi connectivity index (χ4n) is 1.72. The molecule has 1 unspecified atom stereocenters. The Morgan fingerprint density at radius 1 is 1.47 bits per heavy atom. The third-order valence-corrected chi connectivity index (χ3v) is 4.42. The highest BCUT2D eigenvalue weighted by Gasteiger charge is 2.44. The summed E-state index contributed by atoms with van der Waals surface area (Å²) in [5.41, 5.74) is 0. The van der Waals surface area contributed by atoms with E-state index in [9.17, 15) is 26.4 Å². The molecule has 0 bridgehead atoms. The Kier molecular flexibility index (Phi) is 4.03. The van der Waals surface area contributed by atoms with Crippen molar-refractivity contribution in [3.63, 3.8) is 0 Å². The molecule has 1 aliphatic heterocycles. The number of nitrogens with one attached hydrogen (secondary N) is 1. The molecule has 0 radical (unpaired) electrons. The van der Waals surface area contributed by atoms with Gasteiger partial charge in [0.15, 0.2) is 0 Å². The molecule has 1 aliphatic rings. The average molecular weight is 274 g/mol. The van der Waals surface area contributed by atoms with E-state index >= 15 is 0 Å². The third kappa shape index (κ3) is 3.56. The van der Waals surface area contributed by atoms with Crippen molar-refractivity contribution in [3.8, 4) is 0 Å². The highest BCUT2D eigenvalue weighted by Crippen LogP contribution is 2.28. The van der Waals surface area contributed by atoms with E-state index in [0.717, 1.165) is 0 Å². The van der Waals surface area contributed by atoms with Gasteiger partial charge >= 0.3 is 6.18 Å². The van der Waals surface area contributed by atoms with Gasteiger partial charge in [-0.2, -0.15) is 17.5 Å². The minimum atomic E-state index is -4.59. The molecule has 100 valence electrons. The van der Waals surface area contributed by atoms with Crippen molar-refractivity contribution in [1.82, 2.24) is 9.62 Å². The van der Waals surface area contributed by atoms with Crippen LogP contribution in [0.15, 0.2) is 0 Å². The molecule has 1 rings (SSSR count). The van der Waals surface area contributed by atoms with Gasteiger partial charge in [-0.05, 0) is 6.42 Å². The zero-order valence-corrected chi connectivity index (χ0v) is 9.94. The Morgan fingerprint density at radius 2 is 2.06 bits per heavy atom. The van der Waals surface area contributed by atoms with Crippen molar-refractivity contribution in [3.05, 3.63) is 0 Å². The number of hydrogen-bond acceptors (Lipinski definition) is 3. The smallest absolute Gasteiger partial charge is 0.358 e.